The van der Waals surface area contributed by atoms with Crippen LogP contribution in [0.1, 0.15) is 51.9 Å². The summed E-state index contributed by atoms with van der Waals surface area (Å²) < 4.78 is 46.5. The second-order valence-electron chi connectivity index (χ2n) is 22.6. The summed E-state index contributed by atoms with van der Waals surface area (Å²) in [4.78, 5) is 49.7. The summed E-state index contributed by atoms with van der Waals surface area (Å²) >= 11 is 0. The van der Waals surface area contributed by atoms with Gasteiger partial charge in [-0.15, -0.1) is 0 Å². The van der Waals surface area contributed by atoms with Gasteiger partial charge in [0.15, 0.2) is 25.0 Å². The van der Waals surface area contributed by atoms with Gasteiger partial charge >= 0.3 is 32.7 Å². The predicted octanol–water partition coefficient (Wildman–Crippen LogP) is 12.8. The first kappa shape index (κ1) is 62.2. The van der Waals surface area contributed by atoms with Crippen LogP contribution in [0.3, 0.4) is 0 Å². The van der Waals surface area contributed by atoms with Crippen LogP contribution in [0.2, 0.25) is 139 Å². The normalized spacial score (nSPS) is 13.9. The van der Waals surface area contributed by atoms with Crippen LogP contribution in [-0.4, -0.2) is 108 Å². The molecule has 0 aromatic rings. The predicted molar refractivity (Wildman–Crippen MR) is 284 cm³/mol. The second-order valence-corrected chi connectivity index (χ2v) is 55.9. The third-order valence-electron chi connectivity index (χ3n) is 11.5. The van der Waals surface area contributed by atoms with E-state index in [2.05, 4.69) is 118 Å². The highest BCUT2D eigenvalue weighted by molar-refractivity contribution is 6.93. The lowest BCUT2D eigenvalue weighted by atomic mass is 9.91. The number of rotatable bonds is 36. The van der Waals surface area contributed by atoms with Crippen LogP contribution < -0.4 is 0 Å². The quantitative estimate of drug-likeness (QED) is 0.0195. The van der Waals surface area contributed by atoms with Crippen molar-refractivity contribution in [3.05, 3.63) is 50.1 Å². The standard InChI is InChI=1S/C46H92O11Si7/c1-20-42(47)51-30-23-27-46(28-24-31-52-43(48)21-2,29-25-32-53-44(49)22-3)63(19,40-37-60(12,13)14)57-64(34-26-33-54-45(50)41(4)5,55-61(15,16)38-35-58(6,7)8)56-62(17,18)39-36-59(9,10)11/h20-22H,1-4,23-40H2,5-19H3. The van der Waals surface area contributed by atoms with Crippen LogP contribution in [0.15, 0.2) is 50.1 Å². The number of carbonyl (C=O) groups is 4. The van der Waals surface area contributed by atoms with E-state index < -0.39 is 86.9 Å². The van der Waals surface area contributed by atoms with Crippen LogP contribution in [0, 0.1) is 0 Å². The van der Waals surface area contributed by atoms with Crippen molar-refractivity contribution in [3.63, 3.8) is 0 Å². The maximum Gasteiger partial charge on any atom is 0.469 e. The smallest absolute Gasteiger partial charge is 0.463 e. The Morgan fingerprint density at radius 3 is 1.09 bits per heavy atom. The minimum atomic E-state index is -3.69. The van der Waals surface area contributed by atoms with E-state index in [1.165, 1.54) is 18.2 Å². The van der Waals surface area contributed by atoms with E-state index in [-0.39, 0.29) is 26.4 Å². The Bertz CT molecular complexity index is 1430. The Hall–Kier alpha value is -1.76. The Balaban J connectivity index is 8.35. The molecule has 0 saturated heterocycles. The first-order valence-corrected chi connectivity index (χ1v) is 45.4. The van der Waals surface area contributed by atoms with Crippen LogP contribution in [0.4, 0.5) is 0 Å². The molecule has 0 radical (unpaired) electrons. The summed E-state index contributed by atoms with van der Waals surface area (Å²) in [5, 5.41) is -0.500. The van der Waals surface area contributed by atoms with Crippen LogP contribution in [0.5, 0.6) is 0 Å². The average molecular weight is 1020 g/mol. The van der Waals surface area contributed by atoms with Crippen molar-refractivity contribution in [2.45, 2.75) is 191 Å². The average Bonchev–Trinajstić information content (AvgIpc) is 3.17. The molecule has 0 saturated carbocycles. The summed E-state index contributed by atoms with van der Waals surface area (Å²) in [6.45, 7) is 50.1. The lowest BCUT2D eigenvalue weighted by Gasteiger charge is -2.54. The monoisotopic (exact) mass is 1020 g/mol. The Morgan fingerprint density at radius 2 is 0.781 bits per heavy atom. The molecule has 370 valence electrons. The molecule has 18 heteroatoms. The number of ether oxygens (including phenoxy) is 4. The van der Waals surface area contributed by atoms with E-state index in [1.807, 2.05) is 0 Å². The molecule has 0 aliphatic heterocycles. The van der Waals surface area contributed by atoms with Gasteiger partial charge in [0.25, 0.3) is 0 Å². The van der Waals surface area contributed by atoms with E-state index in [0.717, 1.165) is 36.3 Å². The Morgan fingerprint density at radius 1 is 0.453 bits per heavy atom. The van der Waals surface area contributed by atoms with Gasteiger partial charge in [-0.3, -0.25) is 0 Å². The molecule has 1 unspecified atom stereocenters. The first-order valence-electron chi connectivity index (χ1n) is 23.5. The van der Waals surface area contributed by atoms with Crippen molar-refractivity contribution in [1.29, 1.82) is 0 Å². The minimum Gasteiger partial charge on any atom is -0.463 e. The van der Waals surface area contributed by atoms with E-state index in [9.17, 15) is 19.2 Å². The number of hydrogen-bond acceptors (Lipinski definition) is 11. The molecule has 1 atom stereocenters. The fourth-order valence-corrected chi connectivity index (χ4v) is 40.9. The molecule has 0 spiro atoms. The molecular weight excluding hydrogens is 925 g/mol. The Kier molecular flexibility index (Phi) is 27.1. The van der Waals surface area contributed by atoms with E-state index in [4.69, 9.17) is 31.3 Å². The van der Waals surface area contributed by atoms with Gasteiger partial charge in [-0.25, -0.2) is 19.2 Å². The van der Waals surface area contributed by atoms with Crippen LogP contribution in [0.25, 0.3) is 0 Å². The topological polar surface area (TPSA) is 133 Å². The van der Waals surface area contributed by atoms with Crippen molar-refractivity contribution in [2.24, 2.45) is 0 Å². The zero-order chi connectivity index (χ0) is 49.7. The molecule has 0 rings (SSSR count). The second kappa shape index (κ2) is 27.9. The summed E-state index contributed by atoms with van der Waals surface area (Å²) in [7, 11) is -16.4. The third-order valence-corrected chi connectivity index (χ3v) is 36.3. The fraction of sp³-hybridized carbons (Fsp3) is 0.739. The van der Waals surface area contributed by atoms with Gasteiger partial charge in [-0.2, -0.15) is 0 Å². The van der Waals surface area contributed by atoms with Gasteiger partial charge in [-0.05, 0) is 108 Å². The largest absolute Gasteiger partial charge is 0.469 e. The molecule has 0 N–H and O–H groups in total. The lowest BCUT2D eigenvalue weighted by molar-refractivity contribution is -0.139. The summed E-state index contributed by atoms with van der Waals surface area (Å²) in [6, 6.07) is 6.49. The van der Waals surface area contributed by atoms with Crippen molar-refractivity contribution in [1.82, 2.24) is 0 Å². The number of hydrogen-bond donors (Lipinski definition) is 0. The van der Waals surface area contributed by atoms with Crippen LogP contribution >= 0.6 is 0 Å². The Labute approximate surface area is 397 Å². The van der Waals surface area contributed by atoms with Crippen molar-refractivity contribution in [2.75, 3.05) is 26.4 Å². The van der Waals surface area contributed by atoms with Crippen molar-refractivity contribution >= 4 is 81.9 Å². The van der Waals surface area contributed by atoms with Crippen molar-refractivity contribution in [3.8, 4) is 0 Å². The molecule has 0 aromatic carbocycles. The van der Waals surface area contributed by atoms with Crippen molar-refractivity contribution < 1.29 is 50.5 Å². The van der Waals surface area contributed by atoms with E-state index in [0.29, 0.717) is 56.6 Å². The SMILES string of the molecule is C=CC(=O)OCCCC(CCCOC(=O)C=C)(CCCOC(=O)C=C)[Si](C)(CC[Si](C)(C)C)O[Si](CCCOC(=O)C(=C)C)(O[Si](C)(C)CC[Si](C)(C)C)O[Si](C)(C)CC[Si](C)(C)C. The molecule has 0 bridgehead atoms. The van der Waals surface area contributed by atoms with E-state index in [1.54, 1.807) is 6.92 Å². The molecule has 11 nitrogen and oxygen atoms in total. The number of esters is 4. The molecule has 64 heavy (non-hydrogen) atoms. The minimum absolute atomic E-state index is 0.181. The molecule has 0 aliphatic carbocycles. The maximum absolute atomic E-state index is 12.7. The van der Waals surface area contributed by atoms with Gasteiger partial charge < -0.3 is 31.3 Å². The zero-order valence-electron chi connectivity index (χ0n) is 43.3. The van der Waals surface area contributed by atoms with E-state index >= 15 is 0 Å². The van der Waals surface area contributed by atoms with Gasteiger partial charge in [0.1, 0.15) is 0 Å². The lowest BCUT2D eigenvalue weighted by Crippen LogP contribution is -2.65. The first-order chi connectivity index (χ1) is 29.2. The molecule has 0 amide bonds. The maximum atomic E-state index is 12.7. The van der Waals surface area contributed by atoms with Gasteiger partial charge in [0.05, 0.1) is 26.4 Å². The zero-order valence-corrected chi connectivity index (χ0v) is 50.3. The summed E-state index contributed by atoms with van der Waals surface area (Å²) in [5.41, 5.74) is 0.347. The molecule has 0 aliphatic rings. The van der Waals surface area contributed by atoms with Gasteiger partial charge in [-0.1, -0.05) is 103 Å². The molecule has 0 heterocycles. The summed E-state index contributed by atoms with van der Waals surface area (Å²) in [6.07, 6.45) is 7.62. The fourth-order valence-electron chi connectivity index (χ4n) is 7.56. The highest BCUT2D eigenvalue weighted by Crippen LogP contribution is 2.56. The third kappa shape index (κ3) is 27.1. The highest BCUT2D eigenvalue weighted by Gasteiger charge is 2.59. The molecule has 0 aromatic heterocycles. The number of carbonyl (C=O) groups excluding carboxylic acids is 4. The van der Waals surface area contributed by atoms with Gasteiger partial charge in [0.2, 0.25) is 0 Å². The summed E-state index contributed by atoms with van der Waals surface area (Å²) in [5.74, 6) is -1.87. The molecule has 0 fully saturated rings. The van der Waals surface area contributed by atoms with Crippen LogP contribution in [-0.2, 0) is 50.5 Å². The van der Waals surface area contributed by atoms with Gasteiger partial charge in [0, 0.05) is 54.1 Å². The molecular formula is C46H92O11Si7. The highest BCUT2D eigenvalue weighted by atomic mass is 28.5.